The summed E-state index contributed by atoms with van der Waals surface area (Å²) < 4.78 is 43.8. The predicted molar refractivity (Wildman–Crippen MR) is 256 cm³/mol. The van der Waals surface area contributed by atoms with Crippen LogP contribution in [0.3, 0.4) is 0 Å². The highest BCUT2D eigenvalue weighted by Gasteiger charge is 2.37. The van der Waals surface area contributed by atoms with Gasteiger partial charge < -0.3 is 31.1 Å². The minimum Gasteiger partial charge on any atom is -0.402 e. The van der Waals surface area contributed by atoms with Crippen LogP contribution >= 0.6 is 0 Å². The molecule has 0 spiro atoms. The highest BCUT2D eigenvalue weighted by molar-refractivity contribution is 6.04. The van der Waals surface area contributed by atoms with Crippen LogP contribution in [0.25, 0.3) is 16.6 Å². The van der Waals surface area contributed by atoms with E-state index in [1.807, 2.05) is 12.1 Å². The second kappa shape index (κ2) is 18.0. The monoisotopic (exact) mass is 926 g/mol. The number of hydrogen-bond donors (Lipinski definition) is 5. The first kappa shape index (κ1) is 44.9. The molecule has 17 heteroatoms. The SMILES string of the molecule is CC1(C)CC(c2ccc3[nH]c(C(=O)N4CCC(N)=C(C(=Nc5ccc(F)c(C6CC6)c5)n5ccn(-c6ccc(NCC7CC7)c(C=N)c6F)c5=O)C4)cc3c2)CCO1.CC1CC1c1noc(=O)[nH]1. The van der Waals surface area contributed by atoms with Gasteiger partial charge in [-0.05, 0) is 142 Å². The summed E-state index contributed by atoms with van der Waals surface area (Å²) in [5, 5.41) is 15.7. The second-order valence-corrected chi connectivity index (χ2v) is 19.7. The minimum absolute atomic E-state index is 0.0266. The third-order valence-corrected chi connectivity index (χ3v) is 14.0. The Labute approximate surface area is 391 Å². The molecule has 4 fully saturated rings. The normalized spacial score (nSPS) is 21.4. The van der Waals surface area contributed by atoms with E-state index in [0.717, 1.165) is 62.1 Å². The van der Waals surface area contributed by atoms with Crippen LogP contribution in [-0.4, -0.2) is 79.0 Å². The smallest absolute Gasteiger partial charge is 0.402 e. The highest BCUT2D eigenvalue weighted by atomic mass is 19.1. The van der Waals surface area contributed by atoms with Crippen molar-refractivity contribution in [3.05, 3.63) is 139 Å². The third-order valence-electron chi connectivity index (χ3n) is 14.0. The highest BCUT2D eigenvalue weighted by Crippen LogP contribution is 2.45. The summed E-state index contributed by atoms with van der Waals surface area (Å²) in [6.07, 6.45) is 11.2. The first-order valence-corrected chi connectivity index (χ1v) is 23.6. The summed E-state index contributed by atoms with van der Waals surface area (Å²) in [7, 11) is 0. The van der Waals surface area contributed by atoms with Crippen LogP contribution in [0, 0.1) is 28.9 Å². The molecule has 6 aromatic rings. The number of halogens is 2. The molecule has 3 aromatic carbocycles. The molecular weight excluding hydrogens is 871 g/mol. The lowest BCUT2D eigenvalue weighted by molar-refractivity contribution is -0.0592. The first-order valence-electron chi connectivity index (χ1n) is 23.6. The molecule has 6 N–H and O–H groups in total. The van der Waals surface area contributed by atoms with Gasteiger partial charge in [-0.15, -0.1) is 0 Å². The van der Waals surface area contributed by atoms with Crippen molar-refractivity contribution in [2.75, 3.05) is 31.6 Å². The van der Waals surface area contributed by atoms with Gasteiger partial charge >= 0.3 is 11.4 Å². The molecule has 1 amide bonds. The van der Waals surface area contributed by atoms with Crippen LogP contribution in [0.2, 0.25) is 0 Å². The molecule has 3 saturated carbocycles. The zero-order valence-electron chi connectivity index (χ0n) is 38.4. The van der Waals surface area contributed by atoms with Crippen molar-refractivity contribution < 1.29 is 22.8 Å². The molecule has 1 saturated heterocycles. The average molecular weight is 927 g/mol. The maximum atomic E-state index is 16.1. The Balaban J connectivity index is 0.000000475. The molecule has 11 rings (SSSR count). The molecule has 354 valence electrons. The number of nitrogens with one attached hydrogen (secondary N) is 4. The topological polar surface area (TPSA) is 205 Å². The van der Waals surface area contributed by atoms with E-state index in [2.05, 4.69) is 57.9 Å². The van der Waals surface area contributed by atoms with Gasteiger partial charge in [-0.25, -0.2) is 23.4 Å². The lowest BCUT2D eigenvalue weighted by Crippen LogP contribution is -2.42. The number of aliphatic imine (C=N–C) groups is 1. The summed E-state index contributed by atoms with van der Waals surface area (Å²) >= 11 is 0. The van der Waals surface area contributed by atoms with Gasteiger partial charge in [0.15, 0.2) is 11.6 Å². The number of rotatable bonds is 11. The number of carbonyl (C=O) groups is 1. The summed E-state index contributed by atoms with van der Waals surface area (Å²) in [4.78, 5) is 51.5. The number of H-pyrrole nitrogens is 2. The second-order valence-electron chi connectivity index (χ2n) is 19.7. The fraction of sp³-hybridized carbons (Fsp3) is 0.412. The maximum Gasteiger partial charge on any atom is 0.438 e. The van der Waals surface area contributed by atoms with Crippen LogP contribution in [0.1, 0.15) is 123 Å². The van der Waals surface area contributed by atoms with Crippen LogP contribution in [0.15, 0.2) is 97.4 Å². The van der Waals surface area contributed by atoms with Gasteiger partial charge in [-0.1, -0.05) is 18.1 Å². The van der Waals surface area contributed by atoms with Crippen molar-refractivity contribution in [3.8, 4) is 5.69 Å². The number of ether oxygens (including phenoxy) is 1. The van der Waals surface area contributed by atoms with Gasteiger partial charge in [0.2, 0.25) is 0 Å². The summed E-state index contributed by atoms with van der Waals surface area (Å²) in [6.45, 7) is 8.14. The van der Waals surface area contributed by atoms with Gasteiger partial charge in [0.1, 0.15) is 17.3 Å². The molecule has 15 nitrogen and oxygen atoms in total. The lowest BCUT2D eigenvalue weighted by atomic mass is 9.83. The number of benzene rings is 3. The van der Waals surface area contributed by atoms with E-state index in [-0.39, 0.29) is 46.9 Å². The summed E-state index contributed by atoms with van der Waals surface area (Å²) in [6, 6.07) is 16.0. The number of anilines is 1. The predicted octanol–water partition coefficient (Wildman–Crippen LogP) is 8.59. The number of carbonyl (C=O) groups excluding carboxylic acids is 1. The average Bonchev–Trinajstić information content (AvgIpc) is 4.29. The molecule has 3 aliphatic carbocycles. The van der Waals surface area contributed by atoms with Crippen molar-refractivity contribution in [1.29, 1.82) is 5.41 Å². The van der Waals surface area contributed by atoms with E-state index in [0.29, 0.717) is 89.5 Å². The number of nitrogens with zero attached hydrogens (tertiary/aromatic N) is 5. The van der Waals surface area contributed by atoms with Crippen molar-refractivity contribution in [1.82, 2.24) is 29.2 Å². The van der Waals surface area contributed by atoms with Gasteiger partial charge in [0, 0.05) is 78.5 Å². The number of fused-ring (bicyclic) bond motifs is 1. The fourth-order valence-corrected chi connectivity index (χ4v) is 9.53. The number of hydrogen-bond acceptors (Lipinski definition) is 10. The van der Waals surface area contributed by atoms with Crippen LogP contribution in [0.5, 0.6) is 0 Å². The molecule has 68 heavy (non-hydrogen) atoms. The molecular formula is C51H56F2N10O5. The minimum atomic E-state index is -0.711. The summed E-state index contributed by atoms with van der Waals surface area (Å²) in [5.41, 5.74) is 10.8. The summed E-state index contributed by atoms with van der Waals surface area (Å²) in [5.74, 6) is 1.26. The Hall–Kier alpha value is -6.88. The Morgan fingerprint density at radius 1 is 1.03 bits per heavy atom. The van der Waals surface area contributed by atoms with E-state index in [1.165, 1.54) is 39.2 Å². The van der Waals surface area contributed by atoms with Gasteiger partial charge in [0.05, 0.1) is 29.1 Å². The largest absolute Gasteiger partial charge is 0.438 e. The number of aromatic amines is 2. The molecule has 3 aromatic heterocycles. The third kappa shape index (κ3) is 9.35. The molecule has 0 bridgehead atoms. The Morgan fingerprint density at radius 2 is 1.84 bits per heavy atom. The maximum absolute atomic E-state index is 16.1. The molecule has 5 aliphatic rings. The van der Waals surface area contributed by atoms with Gasteiger partial charge in [0.25, 0.3) is 5.91 Å². The van der Waals surface area contributed by atoms with Crippen molar-refractivity contribution in [2.24, 2.45) is 22.6 Å². The number of nitrogens with two attached hydrogens (primary N) is 1. The quantitative estimate of drug-likeness (QED) is 0.0627. The van der Waals surface area contributed by atoms with E-state index < -0.39 is 17.3 Å². The Bertz CT molecular complexity index is 3110. The fourth-order valence-electron chi connectivity index (χ4n) is 9.53. The molecule has 0 radical (unpaired) electrons. The van der Waals surface area contributed by atoms with Crippen LogP contribution < -0.4 is 22.5 Å². The standard InChI is InChI=1S/C45H48F2N8O3.C6H8N2O2/c1-45(2)22-29(14-18-58-45)28-7-10-37-30(19-28)20-39(52-37)43(56)53-15-13-36(49)34(25-53)42(51-31-8-9-35(46)32(21-31)27-5-6-27)55-17-16-54(44(55)57)40-12-11-38(33(23-48)41(40)47)50-24-26-3-4-26;1-3-2-4(3)5-7-6(9)10-8-5/h7-12,16-17,19-21,23,26-27,29,48,50,52H,3-6,13-15,18,22,24-25,49H2,1-2H3;3-4H,2H2,1H3,(H,7,8,9). The van der Waals surface area contributed by atoms with Crippen LogP contribution in [-0.2, 0) is 4.74 Å². The van der Waals surface area contributed by atoms with E-state index in [1.54, 1.807) is 23.1 Å². The Morgan fingerprint density at radius 3 is 2.54 bits per heavy atom. The van der Waals surface area contributed by atoms with Gasteiger partial charge in [-0.3, -0.25) is 23.4 Å². The van der Waals surface area contributed by atoms with E-state index in [9.17, 15) is 18.8 Å². The number of aromatic nitrogens is 5. The number of amides is 1. The molecule has 3 unspecified atom stereocenters. The molecule has 3 atom stereocenters. The van der Waals surface area contributed by atoms with Gasteiger partial charge in [-0.2, -0.15) is 0 Å². The van der Waals surface area contributed by atoms with Crippen molar-refractivity contribution in [3.63, 3.8) is 0 Å². The van der Waals surface area contributed by atoms with E-state index >= 15 is 4.39 Å². The lowest BCUT2D eigenvalue weighted by Gasteiger charge is -2.35. The van der Waals surface area contributed by atoms with E-state index in [4.69, 9.17) is 20.9 Å². The number of imidazole rings is 1. The first-order chi connectivity index (χ1) is 32.7. The van der Waals surface area contributed by atoms with Crippen molar-refractivity contribution in [2.45, 2.75) is 95.5 Å². The van der Waals surface area contributed by atoms with Crippen LogP contribution in [0.4, 0.5) is 20.2 Å². The zero-order valence-corrected chi connectivity index (χ0v) is 38.4. The molecule has 5 heterocycles. The Kier molecular flexibility index (Phi) is 11.9. The molecule has 2 aliphatic heterocycles. The zero-order chi connectivity index (χ0) is 47.4. The van der Waals surface area contributed by atoms with Crippen molar-refractivity contribution >= 4 is 40.2 Å².